The van der Waals surface area contributed by atoms with Crippen molar-refractivity contribution in [2.24, 2.45) is 5.10 Å². The Hall–Kier alpha value is -2.91. The fraction of sp³-hybridized carbons (Fsp3) is 0.438. The monoisotopic (exact) mass is 367 g/mol. The zero-order valence-corrected chi connectivity index (χ0v) is 14.2. The minimum Gasteiger partial charge on any atom is -0.442 e. The maximum atomic E-state index is 14.5. The van der Waals surface area contributed by atoms with Crippen LogP contribution in [0.25, 0.3) is 0 Å². The minimum absolute atomic E-state index is 0.202. The van der Waals surface area contributed by atoms with E-state index in [0.717, 1.165) is 0 Å². The zero-order valence-electron chi connectivity index (χ0n) is 14.2. The highest BCUT2D eigenvalue weighted by molar-refractivity contribution is 5.90. The van der Waals surface area contributed by atoms with Crippen molar-refractivity contribution in [1.29, 1.82) is 0 Å². The number of hydrogen-bond acceptors (Lipinski definition) is 6. The number of cyclic esters (lactones) is 1. The van der Waals surface area contributed by atoms with E-state index in [9.17, 15) is 18.4 Å². The van der Waals surface area contributed by atoms with Gasteiger partial charge in [0.05, 0.1) is 31.0 Å². The molecule has 0 aliphatic carbocycles. The molecule has 140 valence electrons. The molecule has 1 saturated heterocycles. The van der Waals surface area contributed by atoms with Gasteiger partial charge in [0.2, 0.25) is 5.91 Å². The summed E-state index contributed by atoms with van der Waals surface area (Å²) >= 11 is 0. The third-order valence-electron chi connectivity index (χ3n) is 4.10. The van der Waals surface area contributed by atoms with Gasteiger partial charge in [-0.2, -0.15) is 5.10 Å². The summed E-state index contributed by atoms with van der Waals surface area (Å²) < 4.78 is 32.2. The third kappa shape index (κ3) is 3.84. The van der Waals surface area contributed by atoms with Gasteiger partial charge in [-0.1, -0.05) is 0 Å². The molecule has 0 spiro atoms. The van der Waals surface area contributed by atoms with Crippen LogP contribution in [0.2, 0.25) is 0 Å². The first kappa shape index (κ1) is 17.9. The molecule has 0 radical (unpaired) electrons. The van der Waals surface area contributed by atoms with E-state index in [0.29, 0.717) is 24.5 Å². The Labute approximate surface area is 149 Å². The van der Waals surface area contributed by atoms with E-state index < -0.39 is 24.8 Å². The lowest BCUT2D eigenvalue weighted by Crippen LogP contribution is -2.38. The van der Waals surface area contributed by atoms with Crippen LogP contribution in [0.3, 0.4) is 0 Å². The normalized spacial score (nSPS) is 19.7. The van der Waals surface area contributed by atoms with Gasteiger partial charge in [0.25, 0.3) is 0 Å². The Balaban J connectivity index is 1.70. The second-order valence-electron chi connectivity index (χ2n) is 5.96. The first-order chi connectivity index (χ1) is 12.5. The largest absolute Gasteiger partial charge is 0.442 e. The lowest BCUT2D eigenvalue weighted by molar-refractivity contribution is -0.119. The average molecular weight is 367 g/mol. The van der Waals surface area contributed by atoms with Gasteiger partial charge in [0.15, 0.2) is 6.80 Å². The van der Waals surface area contributed by atoms with Crippen molar-refractivity contribution in [3.63, 3.8) is 0 Å². The highest BCUT2D eigenvalue weighted by atomic mass is 19.1. The first-order valence-electron chi connectivity index (χ1n) is 8.11. The summed E-state index contributed by atoms with van der Waals surface area (Å²) in [6.45, 7) is 1.84. The average Bonchev–Trinajstić information content (AvgIpc) is 3.01. The van der Waals surface area contributed by atoms with Crippen molar-refractivity contribution >= 4 is 29.7 Å². The number of alkyl halides is 1. The highest BCUT2D eigenvalue weighted by Gasteiger charge is 2.33. The summed E-state index contributed by atoms with van der Waals surface area (Å²) in [6, 6.07) is 4.39. The summed E-state index contributed by atoms with van der Waals surface area (Å²) in [6.07, 6.45) is 0.287. The van der Waals surface area contributed by atoms with Gasteiger partial charge in [0, 0.05) is 13.5 Å². The number of halogens is 2. The van der Waals surface area contributed by atoms with Crippen molar-refractivity contribution in [1.82, 2.24) is 10.3 Å². The maximum absolute atomic E-state index is 14.5. The van der Waals surface area contributed by atoms with Crippen LogP contribution < -0.4 is 15.1 Å². The van der Waals surface area contributed by atoms with Gasteiger partial charge in [-0.15, -0.1) is 0 Å². The number of anilines is 2. The van der Waals surface area contributed by atoms with Gasteiger partial charge in [-0.3, -0.25) is 14.7 Å². The molecule has 8 nitrogen and oxygen atoms in total. The Kier molecular flexibility index (Phi) is 5.19. The Morgan fingerprint density at radius 1 is 1.42 bits per heavy atom. The molecule has 0 saturated carbocycles. The summed E-state index contributed by atoms with van der Waals surface area (Å²) in [5.74, 6) is -0.745. The van der Waals surface area contributed by atoms with Crippen molar-refractivity contribution < 1.29 is 23.1 Å². The smallest absolute Gasteiger partial charge is 0.414 e. The highest BCUT2D eigenvalue weighted by Crippen LogP contribution is 2.28. The minimum atomic E-state index is -0.692. The summed E-state index contributed by atoms with van der Waals surface area (Å²) in [5, 5.41) is 7.69. The quantitative estimate of drug-likeness (QED) is 0.794. The molecule has 2 amide bonds. The summed E-state index contributed by atoms with van der Waals surface area (Å²) in [4.78, 5) is 25.8. The van der Waals surface area contributed by atoms with Gasteiger partial charge < -0.3 is 15.0 Å². The van der Waals surface area contributed by atoms with E-state index in [1.807, 2.05) is 0 Å². The Morgan fingerprint density at radius 3 is 2.85 bits per heavy atom. The fourth-order valence-corrected chi connectivity index (χ4v) is 2.74. The molecule has 0 aromatic heterocycles. The van der Waals surface area contributed by atoms with Crippen LogP contribution in [0.15, 0.2) is 23.3 Å². The number of ether oxygens (including phenoxy) is 1. The topological polar surface area (TPSA) is 77.5 Å². The number of nitrogens with zero attached hydrogens (tertiary/aromatic N) is 4. The number of rotatable bonds is 5. The molecule has 2 heterocycles. The third-order valence-corrected chi connectivity index (χ3v) is 4.10. The van der Waals surface area contributed by atoms with Gasteiger partial charge in [-0.25, -0.2) is 13.6 Å². The van der Waals surface area contributed by atoms with Crippen molar-refractivity contribution in [2.75, 3.05) is 42.8 Å². The van der Waals surface area contributed by atoms with Crippen molar-refractivity contribution in [3.8, 4) is 0 Å². The molecule has 1 atom stereocenters. The Bertz CT molecular complexity index is 730. The first-order valence-corrected chi connectivity index (χ1v) is 8.11. The molecular weight excluding hydrogens is 348 g/mol. The second-order valence-corrected chi connectivity index (χ2v) is 5.96. The number of benzene rings is 1. The fourth-order valence-electron chi connectivity index (χ4n) is 2.74. The van der Waals surface area contributed by atoms with Crippen LogP contribution in [0.5, 0.6) is 0 Å². The van der Waals surface area contributed by atoms with E-state index in [2.05, 4.69) is 10.4 Å². The van der Waals surface area contributed by atoms with E-state index in [4.69, 9.17) is 4.74 Å². The van der Waals surface area contributed by atoms with E-state index in [1.54, 1.807) is 11.0 Å². The van der Waals surface area contributed by atoms with Crippen LogP contribution in [0.1, 0.15) is 6.92 Å². The molecule has 0 bridgehead atoms. The molecule has 1 fully saturated rings. The molecule has 10 heteroatoms. The van der Waals surface area contributed by atoms with E-state index >= 15 is 0 Å². The van der Waals surface area contributed by atoms with Gasteiger partial charge in [0.1, 0.15) is 18.3 Å². The van der Waals surface area contributed by atoms with Crippen molar-refractivity contribution in [2.45, 2.75) is 13.0 Å². The van der Waals surface area contributed by atoms with E-state index in [1.165, 1.54) is 35.3 Å². The lowest BCUT2D eigenvalue weighted by Gasteiger charge is -2.28. The van der Waals surface area contributed by atoms with Gasteiger partial charge >= 0.3 is 6.09 Å². The number of hydrazone groups is 1. The Morgan fingerprint density at radius 2 is 2.23 bits per heavy atom. The van der Waals surface area contributed by atoms with Crippen molar-refractivity contribution in [3.05, 3.63) is 24.0 Å². The number of carbonyl (C=O) groups is 2. The zero-order chi connectivity index (χ0) is 18.7. The van der Waals surface area contributed by atoms with Crippen LogP contribution in [-0.4, -0.2) is 62.4 Å². The maximum Gasteiger partial charge on any atom is 0.414 e. The molecule has 0 unspecified atom stereocenters. The predicted octanol–water partition coefficient (Wildman–Crippen LogP) is 1.28. The predicted molar refractivity (Wildman–Crippen MR) is 91.2 cm³/mol. The molecular formula is C16H19F2N5O3. The van der Waals surface area contributed by atoms with Crippen LogP contribution in [0, 0.1) is 5.82 Å². The van der Waals surface area contributed by atoms with Gasteiger partial charge in [-0.05, 0) is 18.2 Å². The summed E-state index contributed by atoms with van der Waals surface area (Å²) in [5.41, 5.74) is 0.652. The summed E-state index contributed by atoms with van der Waals surface area (Å²) in [7, 11) is 0. The number of carbonyl (C=O) groups excluding carboxylic acids is 2. The van der Waals surface area contributed by atoms with Crippen LogP contribution in [0.4, 0.5) is 25.0 Å². The number of hydrogen-bond donors (Lipinski definition) is 1. The molecule has 1 aromatic rings. The SMILES string of the molecule is CC(=O)NC[C@H]1CN(c2ccc(N3C=NN(CF)CC3)c(F)c2)C(=O)O1. The van der Waals surface area contributed by atoms with E-state index in [-0.39, 0.29) is 19.0 Å². The number of nitrogens with one attached hydrogen (secondary N) is 1. The molecule has 2 aliphatic heterocycles. The standard InChI is InChI=1S/C16H19F2N5O3/c1-11(24)19-7-13-8-23(16(25)26-13)12-2-3-15(14(18)6-12)21-4-5-22(9-17)20-10-21/h2-3,6,10,13H,4-5,7-9H2,1H3,(H,19,24)/t13-/m0/s1. The molecule has 26 heavy (non-hydrogen) atoms. The molecule has 3 rings (SSSR count). The molecule has 1 aromatic carbocycles. The van der Waals surface area contributed by atoms with Crippen LogP contribution in [-0.2, 0) is 9.53 Å². The second kappa shape index (κ2) is 7.54. The molecule has 1 N–H and O–H groups in total. The van der Waals surface area contributed by atoms with Crippen LogP contribution >= 0.6 is 0 Å². The lowest BCUT2D eigenvalue weighted by atomic mass is 10.2. The molecule has 2 aliphatic rings. The number of amides is 2.